The van der Waals surface area contributed by atoms with Gasteiger partial charge in [-0.05, 0) is 32.4 Å². The number of hydrogen-bond acceptors (Lipinski definition) is 6. The zero-order chi connectivity index (χ0) is 23.4. The zero-order valence-corrected chi connectivity index (χ0v) is 18.3. The summed E-state index contributed by atoms with van der Waals surface area (Å²) in [6, 6.07) is 2.78. The van der Waals surface area contributed by atoms with Crippen molar-refractivity contribution in [2.45, 2.75) is 39.4 Å². The van der Waals surface area contributed by atoms with Crippen LogP contribution in [-0.2, 0) is 17.9 Å². The lowest BCUT2D eigenvalue weighted by Gasteiger charge is -2.19. The molecule has 0 spiro atoms. The van der Waals surface area contributed by atoms with Gasteiger partial charge >= 0.3 is 0 Å². The first kappa shape index (κ1) is 23.0. The van der Waals surface area contributed by atoms with Crippen LogP contribution in [0.25, 0.3) is 0 Å². The van der Waals surface area contributed by atoms with E-state index in [4.69, 9.17) is 0 Å². The Morgan fingerprint density at radius 1 is 1.25 bits per heavy atom. The Morgan fingerprint density at radius 2 is 1.94 bits per heavy atom. The number of aryl methyl sites for hydroxylation is 2. The van der Waals surface area contributed by atoms with Crippen molar-refractivity contribution in [1.82, 2.24) is 29.6 Å². The Balaban J connectivity index is 1.65. The highest BCUT2D eigenvalue weighted by molar-refractivity contribution is 5.92. The van der Waals surface area contributed by atoms with Gasteiger partial charge in [-0.25, -0.2) is 23.4 Å². The largest absolute Gasteiger partial charge is 0.363 e. The minimum atomic E-state index is -0.768. The molecule has 1 unspecified atom stereocenters. The number of aromatic nitrogens is 5. The lowest BCUT2D eigenvalue weighted by atomic mass is 10.2. The molecule has 0 fully saturated rings. The molecule has 0 bridgehead atoms. The molecule has 2 aromatic heterocycles. The number of nitrogens with zero attached hydrogens (tertiary/aromatic N) is 6. The number of imidazole rings is 1. The van der Waals surface area contributed by atoms with E-state index in [0.29, 0.717) is 19.3 Å². The molecule has 170 valence electrons. The normalized spacial score (nSPS) is 11.9. The molecule has 0 aliphatic rings. The molecule has 9 nitrogen and oxygen atoms in total. The number of rotatable bonds is 9. The van der Waals surface area contributed by atoms with Crippen molar-refractivity contribution in [3.63, 3.8) is 0 Å². The molecule has 3 rings (SSSR count). The van der Waals surface area contributed by atoms with Crippen LogP contribution in [0, 0.1) is 25.5 Å². The minimum absolute atomic E-state index is 0.183. The summed E-state index contributed by atoms with van der Waals surface area (Å²) < 4.78 is 30.8. The van der Waals surface area contributed by atoms with Gasteiger partial charge in [0.25, 0.3) is 5.91 Å². The third-order valence-corrected chi connectivity index (χ3v) is 4.99. The molecule has 0 aliphatic heterocycles. The van der Waals surface area contributed by atoms with Gasteiger partial charge < -0.3 is 19.6 Å². The Labute approximate surface area is 184 Å². The molecule has 11 heteroatoms. The first-order valence-corrected chi connectivity index (χ1v) is 10.0. The highest BCUT2D eigenvalue weighted by Gasteiger charge is 2.20. The maximum atomic E-state index is 13.8. The molecule has 1 amide bonds. The number of nitrogens with one attached hydrogen (secondary N) is 1. The van der Waals surface area contributed by atoms with E-state index in [2.05, 4.69) is 20.4 Å². The highest BCUT2D eigenvalue weighted by atomic mass is 19.1. The second-order valence-electron chi connectivity index (χ2n) is 7.58. The number of halogens is 2. The summed E-state index contributed by atoms with van der Waals surface area (Å²) in [5.74, 6) is -0.537. The van der Waals surface area contributed by atoms with Crippen LogP contribution < -0.4 is 10.2 Å². The smallest absolute Gasteiger partial charge is 0.291 e. The molecule has 0 aliphatic carbocycles. The second-order valence-corrected chi connectivity index (χ2v) is 7.58. The van der Waals surface area contributed by atoms with Crippen LogP contribution in [-0.4, -0.2) is 56.6 Å². The predicted molar refractivity (Wildman–Crippen MR) is 113 cm³/mol. The average molecular weight is 445 g/mol. The van der Waals surface area contributed by atoms with Crippen LogP contribution in [0.15, 0.2) is 24.5 Å². The van der Waals surface area contributed by atoms with Gasteiger partial charge in [0, 0.05) is 26.2 Å². The van der Waals surface area contributed by atoms with E-state index in [0.717, 1.165) is 34.2 Å². The summed E-state index contributed by atoms with van der Waals surface area (Å²) in [5.41, 5.74) is 0.693. The molecular formula is C21H25F2N7O2. The van der Waals surface area contributed by atoms with Crippen LogP contribution in [0.2, 0.25) is 0 Å². The Morgan fingerprint density at radius 3 is 2.56 bits per heavy atom. The number of hydrogen-bond donors (Lipinski definition) is 1. The quantitative estimate of drug-likeness (QED) is 0.505. The van der Waals surface area contributed by atoms with Gasteiger partial charge in [0.2, 0.25) is 5.82 Å². The minimum Gasteiger partial charge on any atom is -0.363 e. The fraction of sp³-hybridized carbons (Fsp3) is 0.381. The summed E-state index contributed by atoms with van der Waals surface area (Å²) in [4.78, 5) is 34.3. The highest BCUT2D eigenvalue weighted by Crippen LogP contribution is 2.20. The van der Waals surface area contributed by atoms with E-state index >= 15 is 0 Å². The summed E-state index contributed by atoms with van der Waals surface area (Å²) in [7, 11) is 3.82. The third kappa shape index (κ3) is 4.98. The lowest BCUT2D eigenvalue weighted by Crippen LogP contribution is -2.37. The van der Waals surface area contributed by atoms with Crippen molar-refractivity contribution >= 4 is 18.0 Å². The number of benzene rings is 1. The fourth-order valence-corrected chi connectivity index (χ4v) is 3.53. The summed E-state index contributed by atoms with van der Waals surface area (Å²) in [6.07, 6.45) is 2.20. The molecule has 1 atom stereocenters. The maximum absolute atomic E-state index is 13.8. The summed E-state index contributed by atoms with van der Waals surface area (Å²) in [6.45, 7) is 4.04. The Kier molecular flexibility index (Phi) is 6.96. The molecular weight excluding hydrogens is 420 g/mol. The van der Waals surface area contributed by atoms with Crippen LogP contribution in [0.4, 0.5) is 14.6 Å². The SMILES string of the molecule is Cc1nc(C)n(CCC(C=O)NC(=O)c2ncn(Cc3c(F)cccc3F)n2)c1N(C)C. The number of amides is 1. The molecule has 1 aromatic carbocycles. The summed E-state index contributed by atoms with van der Waals surface area (Å²) >= 11 is 0. The van der Waals surface area contributed by atoms with Crippen LogP contribution >= 0.6 is 0 Å². The van der Waals surface area contributed by atoms with Gasteiger partial charge in [0.15, 0.2) is 0 Å². The number of carbonyl (C=O) groups excluding carboxylic acids is 2. The van der Waals surface area contributed by atoms with Gasteiger partial charge in [0.05, 0.1) is 18.3 Å². The molecule has 0 saturated carbocycles. The zero-order valence-electron chi connectivity index (χ0n) is 18.3. The number of aldehydes is 1. The first-order chi connectivity index (χ1) is 15.2. The molecule has 1 N–H and O–H groups in total. The average Bonchev–Trinajstić information content (AvgIpc) is 3.31. The number of carbonyl (C=O) groups is 2. The van der Waals surface area contributed by atoms with Gasteiger partial charge in [-0.15, -0.1) is 5.10 Å². The van der Waals surface area contributed by atoms with Crippen molar-refractivity contribution in [2.75, 3.05) is 19.0 Å². The van der Waals surface area contributed by atoms with Gasteiger partial charge in [-0.1, -0.05) is 6.07 Å². The van der Waals surface area contributed by atoms with E-state index in [1.165, 1.54) is 12.4 Å². The van der Waals surface area contributed by atoms with E-state index in [9.17, 15) is 18.4 Å². The lowest BCUT2D eigenvalue weighted by molar-refractivity contribution is -0.109. The van der Waals surface area contributed by atoms with Crippen molar-refractivity contribution < 1.29 is 18.4 Å². The van der Waals surface area contributed by atoms with Crippen molar-refractivity contribution in [2.24, 2.45) is 0 Å². The van der Waals surface area contributed by atoms with E-state index in [-0.39, 0.29) is 17.9 Å². The topological polar surface area (TPSA) is 97.9 Å². The van der Waals surface area contributed by atoms with E-state index in [1.807, 2.05) is 37.4 Å². The maximum Gasteiger partial charge on any atom is 0.291 e. The monoisotopic (exact) mass is 445 g/mol. The van der Waals surface area contributed by atoms with Gasteiger partial charge in [-0.3, -0.25) is 4.79 Å². The predicted octanol–water partition coefficient (Wildman–Crippen LogP) is 1.87. The first-order valence-electron chi connectivity index (χ1n) is 10.0. The fourth-order valence-electron chi connectivity index (χ4n) is 3.53. The Hall–Kier alpha value is -3.63. The Bertz CT molecular complexity index is 1100. The van der Waals surface area contributed by atoms with E-state index in [1.54, 1.807) is 0 Å². The van der Waals surface area contributed by atoms with Crippen molar-refractivity contribution in [3.05, 3.63) is 59.1 Å². The van der Waals surface area contributed by atoms with Crippen molar-refractivity contribution in [1.29, 1.82) is 0 Å². The molecule has 0 radical (unpaired) electrons. The molecule has 32 heavy (non-hydrogen) atoms. The van der Waals surface area contributed by atoms with Gasteiger partial charge in [-0.2, -0.15) is 0 Å². The van der Waals surface area contributed by atoms with Gasteiger partial charge in [0.1, 0.15) is 35.9 Å². The molecule has 3 aromatic rings. The summed E-state index contributed by atoms with van der Waals surface area (Å²) in [5, 5.41) is 6.56. The van der Waals surface area contributed by atoms with E-state index < -0.39 is 23.6 Å². The standard InChI is InChI=1S/C21H25F2N7O2/c1-13-21(28(3)4)30(14(2)25-13)9-8-15(11-31)26-20(32)19-24-12-29(27-19)10-16-17(22)6-5-7-18(16)23/h5-7,11-12,15H,8-10H2,1-4H3,(H,26,32). The number of anilines is 1. The third-order valence-electron chi connectivity index (χ3n) is 4.99. The second kappa shape index (κ2) is 9.67. The van der Waals surface area contributed by atoms with Crippen LogP contribution in [0.3, 0.4) is 0 Å². The van der Waals surface area contributed by atoms with Crippen LogP contribution in [0.1, 0.15) is 34.1 Å². The molecule has 0 saturated heterocycles. The van der Waals surface area contributed by atoms with Crippen molar-refractivity contribution in [3.8, 4) is 0 Å². The molecule has 2 heterocycles. The van der Waals surface area contributed by atoms with Crippen LogP contribution in [0.5, 0.6) is 0 Å².